The summed E-state index contributed by atoms with van der Waals surface area (Å²) in [4.78, 5) is 12.2. The largest absolute Gasteiger partial charge is 0.376 e. The summed E-state index contributed by atoms with van der Waals surface area (Å²) in [6, 6.07) is 0.280. The minimum absolute atomic E-state index is 0.0968. The van der Waals surface area contributed by atoms with Crippen LogP contribution in [0.4, 0.5) is 10.5 Å². The van der Waals surface area contributed by atoms with Crippen molar-refractivity contribution in [2.24, 2.45) is 11.8 Å². The zero-order valence-corrected chi connectivity index (χ0v) is 12.8. The third kappa shape index (κ3) is 3.43. The molecule has 0 spiro atoms. The van der Waals surface area contributed by atoms with Crippen molar-refractivity contribution in [3.8, 4) is 0 Å². The smallest absolute Gasteiger partial charge is 0.319 e. The predicted molar refractivity (Wildman–Crippen MR) is 82.6 cm³/mol. The summed E-state index contributed by atoms with van der Waals surface area (Å²) in [5.74, 6) is 1.42. The molecule has 1 aromatic heterocycles. The highest BCUT2D eigenvalue weighted by Crippen LogP contribution is 2.44. The predicted octanol–water partition coefficient (Wildman–Crippen LogP) is 2.37. The van der Waals surface area contributed by atoms with E-state index >= 15 is 0 Å². The van der Waals surface area contributed by atoms with Crippen LogP contribution in [0.15, 0.2) is 12.4 Å². The Hall–Kier alpha value is -1.56. The fourth-order valence-electron chi connectivity index (χ4n) is 3.37. The zero-order chi connectivity index (χ0) is 14.9. The van der Waals surface area contributed by atoms with E-state index in [2.05, 4.69) is 15.7 Å². The lowest BCUT2D eigenvalue weighted by atomic mass is 10.1. The van der Waals surface area contributed by atoms with Crippen molar-refractivity contribution in [2.45, 2.75) is 57.2 Å². The minimum atomic E-state index is -0.0968. The zero-order valence-electron chi connectivity index (χ0n) is 12.8. The second-order valence-corrected chi connectivity index (χ2v) is 6.89. The Kier molecular flexibility index (Phi) is 3.78. The lowest BCUT2D eigenvalue weighted by Crippen LogP contribution is -2.40. The van der Waals surface area contributed by atoms with Gasteiger partial charge in [0.05, 0.1) is 24.5 Å². The molecule has 1 atom stereocenters. The Morgan fingerprint density at radius 1 is 1.32 bits per heavy atom. The van der Waals surface area contributed by atoms with Gasteiger partial charge in [-0.2, -0.15) is 5.10 Å². The molecule has 1 aromatic rings. The lowest BCUT2D eigenvalue weighted by Gasteiger charge is -2.17. The van der Waals surface area contributed by atoms with Crippen LogP contribution in [-0.4, -0.2) is 34.6 Å². The fourth-order valence-corrected chi connectivity index (χ4v) is 3.37. The molecule has 2 aliphatic carbocycles. The summed E-state index contributed by atoms with van der Waals surface area (Å²) in [6.07, 6.45) is 11.1. The maximum absolute atomic E-state index is 12.2. The number of nitrogens with one attached hydrogen (secondary N) is 2. The van der Waals surface area contributed by atoms with Crippen LogP contribution in [0, 0.1) is 11.8 Å². The van der Waals surface area contributed by atoms with Crippen LogP contribution < -0.4 is 10.6 Å². The molecule has 1 aliphatic heterocycles. The normalized spacial score (nSPS) is 24.7. The van der Waals surface area contributed by atoms with Crippen LogP contribution in [-0.2, 0) is 11.3 Å². The Morgan fingerprint density at radius 2 is 2.09 bits per heavy atom. The first-order chi connectivity index (χ1) is 10.8. The first-order valence-electron chi connectivity index (χ1n) is 8.49. The SMILES string of the molecule is O=C(Nc1cnn(CC2CCCO2)c1)NC(C1CC1)C1CC1. The fraction of sp³-hybridized carbons (Fsp3) is 0.750. The highest BCUT2D eigenvalue weighted by Gasteiger charge is 2.42. The van der Waals surface area contributed by atoms with Gasteiger partial charge in [-0.3, -0.25) is 4.68 Å². The summed E-state index contributed by atoms with van der Waals surface area (Å²) >= 11 is 0. The highest BCUT2D eigenvalue weighted by atomic mass is 16.5. The first-order valence-corrected chi connectivity index (χ1v) is 8.49. The van der Waals surface area contributed by atoms with E-state index in [0.29, 0.717) is 17.9 Å². The van der Waals surface area contributed by atoms with Crippen molar-refractivity contribution >= 4 is 11.7 Å². The number of urea groups is 1. The number of aromatic nitrogens is 2. The highest BCUT2D eigenvalue weighted by molar-refractivity contribution is 5.89. The molecule has 22 heavy (non-hydrogen) atoms. The van der Waals surface area contributed by atoms with Gasteiger partial charge in [-0.1, -0.05) is 0 Å². The molecule has 1 saturated heterocycles. The molecule has 2 N–H and O–H groups in total. The summed E-state index contributed by atoms with van der Waals surface area (Å²) < 4.78 is 7.46. The Balaban J connectivity index is 1.28. The van der Waals surface area contributed by atoms with Crippen molar-refractivity contribution < 1.29 is 9.53 Å². The minimum Gasteiger partial charge on any atom is -0.376 e. The van der Waals surface area contributed by atoms with Gasteiger partial charge in [0.1, 0.15) is 0 Å². The van der Waals surface area contributed by atoms with Gasteiger partial charge < -0.3 is 15.4 Å². The topological polar surface area (TPSA) is 68.2 Å². The van der Waals surface area contributed by atoms with Crippen molar-refractivity contribution in [3.63, 3.8) is 0 Å². The molecular formula is C16H24N4O2. The summed E-state index contributed by atoms with van der Waals surface area (Å²) in [7, 11) is 0. The third-order valence-electron chi connectivity index (χ3n) is 4.86. The van der Waals surface area contributed by atoms with E-state index in [1.54, 1.807) is 6.20 Å². The molecule has 120 valence electrons. The number of anilines is 1. The summed E-state index contributed by atoms with van der Waals surface area (Å²) in [6.45, 7) is 1.61. The van der Waals surface area contributed by atoms with E-state index in [4.69, 9.17) is 4.74 Å². The van der Waals surface area contributed by atoms with E-state index < -0.39 is 0 Å². The lowest BCUT2D eigenvalue weighted by molar-refractivity contribution is 0.0940. The molecule has 2 amide bonds. The van der Waals surface area contributed by atoms with Gasteiger partial charge in [0.2, 0.25) is 0 Å². The third-order valence-corrected chi connectivity index (χ3v) is 4.86. The maximum Gasteiger partial charge on any atom is 0.319 e. The van der Waals surface area contributed by atoms with Crippen LogP contribution in [0.25, 0.3) is 0 Å². The number of nitrogens with zero attached hydrogens (tertiary/aromatic N) is 2. The molecular weight excluding hydrogens is 280 g/mol. The number of carbonyl (C=O) groups excluding carboxylic acids is 1. The van der Waals surface area contributed by atoms with Gasteiger partial charge in [0.25, 0.3) is 0 Å². The number of rotatable bonds is 6. The van der Waals surface area contributed by atoms with Crippen LogP contribution in [0.2, 0.25) is 0 Å². The van der Waals surface area contributed by atoms with Crippen molar-refractivity contribution in [2.75, 3.05) is 11.9 Å². The van der Waals surface area contributed by atoms with E-state index in [1.807, 2.05) is 10.9 Å². The average Bonchev–Trinajstić information content (AvgIpc) is 3.42. The van der Waals surface area contributed by atoms with Crippen LogP contribution in [0.5, 0.6) is 0 Å². The van der Waals surface area contributed by atoms with E-state index in [-0.39, 0.29) is 12.1 Å². The van der Waals surface area contributed by atoms with E-state index in [0.717, 1.165) is 31.7 Å². The van der Waals surface area contributed by atoms with Crippen LogP contribution in [0.1, 0.15) is 38.5 Å². The van der Waals surface area contributed by atoms with Gasteiger partial charge in [-0.15, -0.1) is 0 Å². The van der Waals surface area contributed by atoms with Gasteiger partial charge in [0.15, 0.2) is 0 Å². The average molecular weight is 304 g/mol. The van der Waals surface area contributed by atoms with Gasteiger partial charge >= 0.3 is 6.03 Å². The van der Waals surface area contributed by atoms with Crippen molar-refractivity contribution in [3.05, 3.63) is 12.4 Å². The van der Waals surface area contributed by atoms with Gasteiger partial charge in [-0.05, 0) is 50.4 Å². The molecule has 0 aromatic carbocycles. The second kappa shape index (κ2) is 5.91. The molecule has 0 bridgehead atoms. The Morgan fingerprint density at radius 3 is 2.73 bits per heavy atom. The molecule has 0 radical (unpaired) electrons. The number of hydrogen-bond acceptors (Lipinski definition) is 3. The number of carbonyl (C=O) groups is 1. The summed E-state index contributed by atoms with van der Waals surface area (Å²) in [5.41, 5.74) is 0.751. The van der Waals surface area contributed by atoms with Crippen molar-refractivity contribution in [1.29, 1.82) is 0 Å². The molecule has 3 fully saturated rings. The number of amides is 2. The van der Waals surface area contributed by atoms with Crippen LogP contribution in [0.3, 0.4) is 0 Å². The Labute approximate surface area is 130 Å². The molecule has 6 nitrogen and oxygen atoms in total. The first kappa shape index (κ1) is 14.1. The second-order valence-electron chi connectivity index (χ2n) is 6.89. The van der Waals surface area contributed by atoms with Crippen molar-refractivity contribution in [1.82, 2.24) is 15.1 Å². The molecule has 1 unspecified atom stereocenters. The molecule has 6 heteroatoms. The summed E-state index contributed by atoms with van der Waals surface area (Å²) in [5, 5.41) is 10.4. The molecule has 2 saturated carbocycles. The molecule has 3 aliphatic rings. The monoisotopic (exact) mass is 304 g/mol. The van der Waals surface area contributed by atoms with E-state index in [1.165, 1.54) is 25.7 Å². The quantitative estimate of drug-likeness (QED) is 0.848. The standard InChI is InChI=1S/C16H24N4O2/c21-16(19-15(11-3-4-11)12-5-6-12)18-13-8-17-20(9-13)10-14-2-1-7-22-14/h8-9,11-12,14-15H,1-7,10H2,(H2,18,19,21). The van der Waals surface area contributed by atoms with Gasteiger partial charge in [0, 0.05) is 18.8 Å². The molecule has 2 heterocycles. The maximum atomic E-state index is 12.2. The number of ether oxygens (including phenoxy) is 1. The van der Waals surface area contributed by atoms with E-state index in [9.17, 15) is 4.79 Å². The number of hydrogen-bond donors (Lipinski definition) is 2. The van der Waals surface area contributed by atoms with Gasteiger partial charge in [-0.25, -0.2) is 4.79 Å². The Bertz CT molecular complexity index is 518. The molecule has 4 rings (SSSR count). The van der Waals surface area contributed by atoms with Crippen LogP contribution >= 0.6 is 0 Å².